The number of likely N-dealkylation sites (N-methyl/N-ethyl adjacent to an activating group) is 1. The van der Waals surface area contributed by atoms with Gasteiger partial charge in [0.15, 0.2) is 0 Å². The molecule has 0 aromatic carbocycles. The zero-order valence-corrected chi connectivity index (χ0v) is 15.8. The summed E-state index contributed by atoms with van der Waals surface area (Å²) in [6.07, 6.45) is 7.76. The molecular formula is C20H26N4O3. The smallest absolute Gasteiger partial charge is 0.244 e. The van der Waals surface area contributed by atoms with E-state index in [9.17, 15) is 4.79 Å². The molecule has 0 N–H and O–H groups in total. The monoisotopic (exact) mass is 370 g/mol. The average Bonchev–Trinajstić information content (AvgIpc) is 3.13. The van der Waals surface area contributed by atoms with Crippen LogP contribution in [-0.2, 0) is 28.9 Å². The predicted molar refractivity (Wildman–Crippen MR) is 99.0 cm³/mol. The molecule has 1 fully saturated rings. The SMILES string of the molecule is CN(Cc1noc2c1CCCC2)C(=O)[C@H](c1cccnc1)N1CCOCC1. The van der Waals surface area contributed by atoms with Crippen molar-refractivity contribution in [1.82, 2.24) is 19.9 Å². The molecule has 1 saturated heterocycles. The van der Waals surface area contributed by atoms with Gasteiger partial charge in [-0.2, -0.15) is 0 Å². The number of rotatable bonds is 5. The van der Waals surface area contributed by atoms with E-state index in [1.165, 1.54) is 5.56 Å². The summed E-state index contributed by atoms with van der Waals surface area (Å²) in [5.41, 5.74) is 3.01. The molecule has 1 atom stereocenters. The van der Waals surface area contributed by atoms with Crippen LogP contribution in [0.2, 0.25) is 0 Å². The summed E-state index contributed by atoms with van der Waals surface area (Å²) < 4.78 is 11.0. The molecule has 0 unspecified atom stereocenters. The molecule has 1 amide bonds. The number of morpholine rings is 1. The summed E-state index contributed by atoms with van der Waals surface area (Å²) in [5, 5.41) is 4.25. The fourth-order valence-corrected chi connectivity index (χ4v) is 3.97. The maximum Gasteiger partial charge on any atom is 0.244 e. The number of carbonyl (C=O) groups excluding carboxylic acids is 1. The van der Waals surface area contributed by atoms with Gasteiger partial charge < -0.3 is 14.2 Å². The fraction of sp³-hybridized carbons (Fsp3) is 0.550. The van der Waals surface area contributed by atoms with Crippen molar-refractivity contribution < 1.29 is 14.1 Å². The number of hydrogen-bond acceptors (Lipinski definition) is 6. The Morgan fingerprint density at radius 1 is 1.30 bits per heavy atom. The van der Waals surface area contributed by atoms with Crippen molar-refractivity contribution in [1.29, 1.82) is 0 Å². The molecule has 0 bridgehead atoms. The fourth-order valence-electron chi connectivity index (χ4n) is 3.97. The van der Waals surface area contributed by atoms with Crippen LogP contribution in [0.4, 0.5) is 0 Å². The zero-order valence-electron chi connectivity index (χ0n) is 15.8. The number of fused-ring (bicyclic) bond motifs is 1. The molecule has 3 heterocycles. The molecule has 2 aromatic heterocycles. The number of aryl methyl sites for hydroxylation is 1. The van der Waals surface area contributed by atoms with Gasteiger partial charge in [0.05, 0.1) is 19.8 Å². The van der Waals surface area contributed by atoms with Crippen LogP contribution in [0.15, 0.2) is 29.0 Å². The Bertz CT molecular complexity index is 771. The molecule has 27 heavy (non-hydrogen) atoms. The zero-order chi connectivity index (χ0) is 18.6. The second-order valence-corrected chi connectivity index (χ2v) is 7.27. The number of aromatic nitrogens is 2. The van der Waals surface area contributed by atoms with Gasteiger partial charge >= 0.3 is 0 Å². The minimum absolute atomic E-state index is 0.0532. The Kier molecular flexibility index (Phi) is 5.50. The van der Waals surface area contributed by atoms with Crippen molar-refractivity contribution in [2.45, 2.75) is 38.3 Å². The summed E-state index contributed by atoms with van der Waals surface area (Å²) in [5.74, 6) is 1.05. The molecule has 2 aromatic rings. The van der Waals surface area contributed by atoms with Crippen LogP contribution in [0.1, 0.15) is 41.5 Å². The van der Waals surface area contributed by atoms with E-state index in [0.717, 1.165) is 55.8 Å². The minimum atomic E-state index is -0.352. The molecule has 0 spiro atoms. The van der Waals surface area contributed by atoms with E-state index in [1.807, 2.05) is 19.2 Å². The Hall–Kier alpha value is -2.25. The summed E-state index contributed by atoms with van der Waals surface area (Å²) in [4.78, 5) is 21.6. The summed E-state index contributed by atoms with van der Waals surface area (Å²) in [7, 11) is 1.84. The summed E-state index contributed by atoms with van der Waals surface area (Å²) in [6.45, 7) is 3.23. The Labute approximate surface area is 159 Å². The first-order valence-electron chi connectivity index (χ1n) is 9.67. The van der Waals surface area contributed by atoms with Crippen LogP contribution >= 0.6 is 0 Å². The first kappa shape index (κ1) is 18.1. The average molecular weight is 370 g/mol. The van der Waals surface area contributed by atoms with Crippen LogP contribution in [0.3, 0.4) is 0 Å². The lowest BCUT2D eigenvalue weighted by Gasteiger charge is -2.35. The molecule has 7 nitrogen and oxygen atoms in total. The maximum absolute atomic E-state index is 13.4. The van der Waals surface area contributed by atoms with Crippen molar-refractivity contribution in [2.24, 2.45) is 0 Å². The van der Waals surface area contributed by atoms with Gasteiger partial charge in [0.2, 0.25) is 5.91 Å². The van der Waals surface area contributed by atoms with E-state index >= 15 is 0 Å². The van der Waals surface area contributed by atoms with Gasteiger partial charge in [-0.3, -0.25) is 14.7 Å². The van der Waals surface area contributed by atoms with Gasteiger partial charge in [-0.05, 0) is 30.9 Å². The van der Waals surface area contributed by atoms with E-state index in [2.05, 4.69) is 15.0 Å². The molecule has 0 radical (unpaired) electrons. The number of carbonyl (C=O) groups is 1. The normalized spacial score (nSPS) is 18.7. The molecule has 4 rings (SSSR count). The van der Waals surface area contributed by atoms with Crippen LogP contribution < -0.4 is 0 Å². The van der Waals surface area contributed by atoms with Crippen molar-refractivity contribution in [2.75, 3.05) is 33.4 Å². The highest BCUT2D eigenvalue weighted by Crippen LogP contribution is 2.27. The number of nitrogens with zero attached hydrogens (tertiary/aromatic N) is 4. The van der Waals surface area contributed by atoms with E-state index in [-0.39, 0.29) is 11.9 Å². The third kappa shape index (κ3) is 3.89. The Morgan fingerprint density at radius 2 is 2.11 bits per heavy atom. The Balaban J connectivity index is 1.54. The maximum atomic E-state index is 13.4. The van der Waals surface area contributed by atoms with E-state index in [0.29, 0.717) is 19.8 Å². The van der Waals surface area contributed by atoms with Gasteiger partial charge in [0, 0.05) is 44.5 Å². The molecular weight excluding hydrogens is 344 g/mol. The lowest BCUT2D eigenvalue weighted by atomic mass is 9.96. The molecule has 0 saturated carbocycles. The first-order chi connectivity index (χ1) is 13.2. The quantitative estimate of drug-likeness (QED) is 0.801. The molecule has 1 aliphatic carbocycles. The topological polar surface area (TPSA) is 71.7 Å². The summed E-state index contributed by atoms with van der Waals surface area (Å²) in [6, 6.07) is 3.50. The van der Waals surface area contributed by atoms with Gasteiger partial charge in [-0.25, -0.2) is 0 Å². The van der Waals surface area contributed by atoms with Crippen molar-refractivity contribution >= 4 is 5.91 Å². The van der Waals surface area contributed by atoms with Crippen LogP contribution in [0.25, 0.3) is 0 Å². The highest BCUT2D eigenvalue weighted by Gasteiger charge is 2.32. The van der Waals surface area contributed by atoms with Crippen molar-refractivity contribution in [3.63, 3.8) is 0 Å². The van der Waals surface area contributed by atoms with Gasteiger partial charge in [-0.1, -0.05) is 11.2 Å². The number of amides is 1. The van der Waals surface area contributed by atoms with Crippen LogP contribution in [0.5, 0.6) is 0 Å². The van der Waals surface area contributed by atoms with Crippen molar-refractivity contribution in [3.8, 4) is 0 Å². The van der Waals surface area contributed by atoms with Gasteiger partial charge in [0.1, 0.15) is 17.5 Å². The first-order valence-corrected chi connectivity index (χ1v) is 9.67. The molecule has 1 aliphatic heterocycles. The lowest BCUT2D eigenvalue weighted by molar-refractivity contribution is -0.138. The Morgan fingerprint density at radius 3 is 2.89 bits per heavy atom. The van der Waals surface area contributed by atoms with Crippen molar-refractivity contribution in [3.05, 3.63) is 47.1 Å². The minimum Gasteiger partial charge on any atom is -0.379 e. The van der Waals surface area contributed by atoms with E-state index in [1.54, 1.807) is 17.3 Å². The molecule has 144 valence electrons. The van der Waals surface area contributed by atoms with E-state index in [4.69, 9.17) is 9.26 Å². The molecule has 2 aliphatic rings. The third-order valence-electron chi connectivity index (χ3n) is 5.44. The van der Waals surface area contributed by atoms with E-state index < -0.39 is 0 Å². The van der Waals surface area contributed by atoms with Crippen LogP contribution in [-0.4, -0.2) is 59.2 Å². The number of hydrogen-bond donors (Lipinski definition) is 0. The van der Waals surface area contributed by atoms with Gasteiger partial charge in [-0.15, -0.1) is 0 Å². The standard InChI is InChI=1S/C20H26N4O3/c1-23(14-17-16-6-2-3-7-18(16)27-22-17)20(25)19(15-5-4-8-21-13-15)24-9-11-26-12-10-24/h4-5,8,13,19H,2-3,6-7,9-12,14H2,1H3/t19-/m0/s1. The second kappa shape index (κ2) is 8.19. The summed E-state index contributed by atoms with van der Waals surface area (Å²) >= 11 is 0. The molecule has 7 heteroatoms. The lowest BCUT2D eigenvalue weighted by Crippen LogP contribution is -2.46. The number of pyridine rings is 1. The number of ether oxygens (including phenoxy) is 1. The largest absolute Gasteiger partial charge is 0.379 e. The van der Waals surface area contributed by atoms with Gasteiger partial charge in [0.25, 0.3) is 0 Å². The highest BCUT2D eigenvalue weighted by atomic mass is 16.5. The second-order valence-electron chi connectivity index (χ2n) is 7.27. The van der Waals surface area contributed by atoms with Crippen LogP contribution in [0, 0.1) is 0 Å². The highest BCUT2D eigenvalue weighted by molar-refractivity contribution is 5.83. The predicted octanol–water partition coefficient (Wildman–Crippen LogP) is 1.98. The third-order valence-corrected chi connectivity index (χ3v) is 5.44.